The predicted octanol–water partition coefficient (Wildman–Crippen LogP) is 5.05. The predicted molar refractivity (Wildman–Crippen MR) is 101 cm³/mol. The van der Waals surface area contributed by atoms with E-state index in [9.17, 15) is 5.11 Å². The number of aryl methyl sites for hydroxylation is 1. The van der Waals surface area contributed by atoms with Gasteiger partial charge in [-0.05, 0) is 42.8 Å². The Balaban J connectivity index is 1.77. The Bertz CT molecular complexity index is 1050. The fraction of sp³-hybridized carbons (Fsp3) is 0.0476. The summed E-state index contributed by atoms with van der Waals surface area (Å²) in [5.41, 5.74) is 5.74. The maximum absolute atomic E-state index is 9.73. The van der Waals surface area contributed by atoms with Gasteiger partial charge in [0, 0.05) is 40.8 Å². The van der Waals surface area contributed by atoms with E-state index in [-0.39, 0.29) is 5.75 Å². The molecule has 0 radical (unpaired) electrons. The third kappa shape index (κ3) is 3.02. The lowest BCUT2D eigenvalue weighted by Crippen LogP contribution is -1.95. The molecular weight excluding hydrogens is 310 g/mol. The topological polar surface area (TPSA) is 58.0 Å². The van der Waals surface area contributed by atoms with Crippen LogP contribution in [0.3, 0.4) is 0 Å². The molecule has 0 saturated heterocycles. The molecule has 25 heavy (non-hydrogen) atoms. The van der Waals surface area contributed by atoms with Crippen LogP contribution in [0, 0.1) is 6.92 Å². The molecule has 0 aliphatic heterocycles. The van der Waals surface area contributed by atoms with Gasteiger partial charge in [-0.25, -0.2) is 0 Å². The molecule has 0 spiro atoms. The highest BCUT2D eigenvalue weighted by atomic mass is 16.3. The van der Waals surface area contributed by atoms with E-state index in [0.717, 1.165) is 39.1 Å². The summed E-state index contributed by atoms with van der Waals surface area (Å²) >= 11 is 0. The number of nitrogens with zero attached hydrogens (tertiary/aromatic N) is 2. The van der Waals surface area contributed by atoms with E-state index in [2.05, 4.69) is 15.3 Å². The molecule has 4 nitrogen and oxygen atoms in total. The Kier molecular flexibility index (Phi) is 3.78. The summed E-state index contributed by atoms with van der Waals surface area (Å²) in [6, 6.07) is 19.2. The lowest BCUT2D eigenvalue weighted by molar-refractivity contribution is 0.475. The van der Waals surface area contributed by atoms with Gasteiger partial charge in [-0.1, -0.05) is 24.3 Å². The van der Waals surface area contributed by atoms with Crippen molar-refractivity contribution in [2.24, 2.45) is 0 Å². The van der Waals surface area contributed by atoms with Crippen LogP contribution in [0.25, 0.3) is 22.2 Å². The smallest absolute Gasteiger partial charge is 0.117 e. The normalized spacial score (nSPS) is 10.8. The first-order chi connectivity index (χ1) is 12.2. The van der Waals surface area contributed by atoms with Crippen molar-refractivity contribution in [1.29, 1.82) is 0 Å². The standard InChI is InChI=1S/C21H17N3O/c1-14-5-7-16(25)13-20(14)24-19-9-11-23-21-12-15(6-8-17(19)21)18-4-2-3-10-22-18/h2-13,25H,1H3,(H,23,24). The molecule has 2 N–H and O–H groups in total. The van der Waals surface area contributed by atoms with Crippen molar-refractivity contribution >= 4 is 22.3 Å². The first-order valence-corrected chi connectivity index (χ1v) is 8.07. The summed E-state index contributed by atoms with van der Waals surface area (Å²) in [5.74, 6) is 0.240. The zero-order valence-corrected chi connectivity index (χ0v) is 13.8. The number of hydrogen-bond acceptors (Lipinski definition) is 4. The van der Waals surface area contributed by atoms with Gasteiger partial charge >= 0.3 is 0 Å². The second-order valence-corrected chi connectivity index (χ2v) is 5.93. The van der Waals surface area contributed by atoms with Crippen molar-refractivity contribution in [3.05, 3.63) is 78.6 Å². The van der Waals surface area contributed by atoms with Crippen LogP contribution in [0.4, 0.5) is 11.4 Å². The van der Waals surface area contributed by atoms with Crippen molar-refractivity contribution in [1.82, 2.24) is 9.97 Å². The second-order valence-electron chi connectivity index (χ2n) is 5.93. The lowest BCUT2D eigenvalue weighted by Gasteiger charge is -2.13. The van der Waals surface area contributed by atoms with Gasteiger partial charge in [-0.2, -0.15) is 0 Å². The molecule has 4 aromatic rings. The highest BCUT2D eigenvalue weighted by molar-refractivity contribution is 5.95. The molecule has 4 heteroatoms. The number of aromatic nitrogens is 2. The Hall–Kier alpha value is -3.40. The molecule has 0 unspecified atom stereocenters. The summed E-state index contributed by atoms with van der Waals surface area (Å²) < 4.78 is 0. The van der Waals surface area contributed by atoms with Gasteiger partial charge in [0.25, 0.3) is 0 Å². The minimum Gasteiger partial charge on any atom is -0.508 e. The molecule has 0 aliphatic carbocycles. The van der Waals surface area contributed by atoms with E-state index in [0.29, 0.717) is 0 Å². The first-order valence-electron chi connectivity index (χ1n) is 8.07. The molecule has 0 atom stereocenters. The molecule has 2 heterocycles. The number of phenols is 1. The van der Waals surface area contributed by atoms with E-state index < -0.39 is 0 Å². The Morgan fingerprint density at radius 3 is 2.60 bits per heavy atom. The summed E-state index contributed by atoms with van der Waals surface area (Å²) in [4.78, 5) is 8.89. The first kappa shape index (κ1) is 15.1. The number of pyridine rings is 2. The third-order valence-electron chi connectivity index (χ3n) is 4.19. The molecule has 0 amide bonds. The number of hydrogen-bond donors (Lipinski definition) is 2. The molecule has 0 aliphatic rings. The van der Waals surface area contributed by atoms with Gasteiger partial charge in [0.15, 0.2) is 0 Å². The highest BCUT2D eigenvalue weighted by Gasteiger charge is 2.07. The van der Waals surface area contributed by atoms with Crippen LogP contribution in [0.2, 0.25) is 0 Å². The molecule has 0 saturated carbocycles. The fourth-order valence-corrected chi connectivity index (χ4v) is 2.84. The SMILES string of the molecule is Cc1ccc(O)cc1Nc1ccnc2cc(-c3ccccn3)ccc12. The van der Waals surface area contributed by atoms with E-state index in [1.165, 1.54) is 0 Å². The van der Waals surface area contributed by atoms with E-state index in [1.807, 2.05) is 55.5 Å². The summed E-state index contributed by atoms with van der Waals surface area (Å²) in [6.45, 7) is 2.00. The Morgan fingerprint density at radius 2 is 1.76 bits per heavy atom. The van der Waals surface area contributed by atoms with Gasteiger partial charge in [-0.3, -0.25) is 9.97 Å². The minimum atomic E-state index is 0.240. The third-order valence-corrected chi connectivity index (χ3v) is 4.19. The lowest BCUT2D eigenvalue weighted by atomic mass is 10.1. The molecule has 2 aromatic heterocycles. The monoisotopic (exact) mass is 327 g/mol. The van der Waals surface area contributed by atoms with Gasteiger partial charge in [0.05, 0.1) is 11.2 Å². The maximum Gasteiger partial charge on any atom is 0.117 e. The summed E-state index contributed by atoms with van der Waals surface area (Å²) in [6.07, 6.45) is 3.57. The van der Waals surface area contributed by atoms with Gasteiger partial charge < -0.3 is 10.4 Å². The number of anilines is 2. The average Bonchev–Trinajstić information content (AvgIpc) is 2.65. The zero-order valence-electron chi connectivity index (χ0n) is 13.8. The van der Waals surface area contributed by atoms with Crippen molar-refractivity contribution in [3.8, 4) is 17.0 Å². The van der Waals surface area contributed by atoms with Crippen molar-refractivity contribution < 1.29 is 5.11 Å². The molecule has 0 bridgehead atoms. The zero-order chi connectivity index (χ0) is 17.2. The van der Waals surface area contributed by atoms with Crippen molar-refractivity contribution in [2.75, 3.05) is 5.32 Å². The number of phenolic OH excluding ortho intramolecular Hbond substituents is 1. The quantitative estimate of drug-likeness (QED) is 0.552. The second kappa shape index (κ2) is 6.24. The van der Waals surface area contributed by atoms with Gasteiger partial charge in [0.1, 0.15) is 5.75 Å². The number of fused-ring (bicyclic) bond motifs is 1. The fourth-order valence-electron chi connectivity index (χ4n) is 2.84. The van der Waals surface area contributed by atoms with Crippen molar-refractivity contribution in [2.45, 2.75) is 6.92 Å². The van der Waals surface area contributed by atoms with E-state index in [1.54, 1.807) is 24.5 Å². The maximum atomic E-state index is 9.73. The van der Waals surface area contributed by atoms with Crippen LogP contribution in [0.1, 0.15) is 5.56 Å². The van der Waals surface area contributed by atoms with Crippen LogP contribution < -0.4 is 5.32 Å². The number of benzene rings is 2. The van der Waals surface area contributed by atoms with Crippen LogP contribution in [-0.4, -0.2) is 15.1 Å². The summed E-state index contributed by atoms with van der Waals surface area (Å²) in [7, 11) is 0. The number of aromatic hydroxyl groups is 1. The molecule has 2 aromatic carbocycles. The summed E-state index contributed by atoms with van der Waals surface area (Å²) in [5, 5.41) is 14.2. The molecule has 0 fully saturated rings. The highest BCUT2D eigenvalue weighted by Crippen LogP contribution is 2.30. The number of nitrogens with one attached hydrogen (secondary N) is 1. The molecule has 4 rings (SSSR count). The van der Waals surface area contributed by atoms with E-state index >= 15 is 0 Å². The molecule has 122 valence electrons. The van der Waals surface area contributed by atoms with Crippen LogP contribution in [0.5, 0.6) is 5.75 Å². The van der Waals surface area contributed by atoms with Gasteiger partial charge in [0.2, 0.25) is 0 Å². The molecular formula is C21H17N3O. The average molecular weight is 327 g/mol. The number of rotatable bonds is 3. The van der Waals surface area contributed by atoms with Gasteiger partial charge in [-0.15, -0.1) is 0 Å². The largest absolute Gasteiger partial charge is 0.508 e. The Labute approximate surface area is 145 Å². The van der Waals surface area contributed by atoms with Crippen LogP contribution in [0.15, 0.2) is 73.1 Å². The minimum absolute atomic E-state index is 0.240. The Morgan fingerprint density at radius 1 is 0.840 bits per heavy atom. The van der Waals surface area contributed by atoms with Crippen LogP contribution >= 0.6 is 0 Å². The van der Waals surface area contributed by atoms with E-state index in [4.69, 9.17) is 0 Å². The van der Waals surface area contributed by atoms with Crippen molar-refractivity contribution in [3.63, 3.8) is 0 Å². The van der Waals surface area contributed by atoms with Crippen LogP contribution in [-0.2, 0) is 0 Å².